The standard InChI is InChI=1S/C13H23N3O/c1-2-7-16-9-11(8-15-16)12(17)13(10-14)5-3-4-6-13/h8-9,12,17H,2-7,10,14H2,1H3. The van der Waals surface area contributed by atoms with Crippen molar-refractivity contribution < 1.29 is 5.11 Å². The first kappa shape index (κ1) is 12.6. The van der Waals surface area contributed by atoms with Crippen molar-refractivity contribution in [1.29, 1.82) is 0 Å². The molecule has 0 aliphatic heterocycles. The van der Waals surface area contributed by atoms with Crippen molar-refractivity contribution in [3.05, 3.63) is 18.0 Å². The maximum Gasteiger partial charge on any atom is 0.0888 e. The summed E-state index contributed by atoms with van der Waals surface area (Å²) in [6.07, 6.45) is 8.77. The Kier molecular flexibility index (Phi) is 3.84. The van der Waals surface area contributed by atoms with Crippen LogP contribution in [-0.2, 0) is 6.54 Å². The Balaban J connectivity index is 2.14. The van der Waals surface area contributed by atoms with Crippen molar-refractivity contribution in [2.24, 2.45) is 11.1 Å². The number of aromatic nitrogens is 2. The second kappa shape index (κ2) is 5.19. The van der Waals surface area contributed by atoms with Gasteiger partial charge in [-0.15, -0.1) is 0 Å². The fourth-order valence-corrected chi connectivity index (χ4v) is 2.89. The highest BCUT2D eigenvalue weighted by Gasteiger charge is 2.40. The smallest absolute Gasteiger partial charge is 0.0888 e. The summed E-state index contributed by atoms with van der Waals surface area (Å²) in [5.74, 6) is 0. The van der Waals surface area contributed by atoms with Crippen LogP contribution in [0.2, 0.25) is 0 Å². The summed E-state index contributed by atoms with van der Waals surface area (Å²) in [6.45, 7) is 3.59. The molecule has 1 heterocycles. The molecule has 1 aliphatic rings. The van der Waals surface area contributed by atoms with Gasteiger partial charge in [-0.1, -0.05) is 19.8 Å². The lowest BCUT2D eigenvalue weighted by atomic mass is 9.78. The molecule has 0 bridgehead atoms. The molecule has 1 aromatic heterocycles. The first-order valence-electron chi connectivity index (χ1n) is 6.62. The molecule has 1 fully saturated rings. The summed E-state index contributed by atoms with van der Waals surface area (Å²) < 4.78 is 1.90. The Morgan fingerprint density at radius 1 is 1.53 bits per heavy atom. The van der Waals surface area contributed by atoms with Crippen molar-refractivity contribution in [3.63, 3.8) is 0 Å². The summed E-state index contributed by atoms with van der Waals surface area (Å²) in [4.78, 5) is 0. The van der Waals surface area contributed by atoms with E-state index in [0.717, 1.165) is 31.4 Å². The second-order valence-corrected chi connectivity index (χ2v) is 5.21. The molecule has 0 saturated heterocycles. The van der Waals surface area contributed by atoms with Gasteiger partial charge in [0.25, 0.3) is 0 Å². The van der Waals surface area contributed by atoms with Crippen LogP contribution in [0.1, 0.15) is 50.7 Å². The van der Waals surface area contributed by atoms with E-state index in [1.165, 1.54) is 12.8 Å². The van der Waals surface area contributed by atoms with Gasteiger partial charge in [0.1, 0.15) is 0 Å². The lowest BCUT2D eigenvalue weighted by Crippen LogP contribution is -2.34. The van der Waals surface area contributed by atoms with Crippen molar-refractivity contribution >= 4 is 0 Å². The van der Waals surface area contributed by atoms with Crippen LogP contribution < -0.4 is 5.73 Å². The number of nitrogens with two attached hydrogens (primary N) is 1. The van der Waals surface area contributed by atoms with Crippen molar-refractivity contribution in [1.82, 2.24) is 9.78 Å². The van der Waals surface area contributed by atoms with Crippen LogP contribution in [0.15, 0.2) is 12.4 Å². The number of hydrogen-bond donors (Lipinski definition) is 2. The van der Waals surface area contributed by atoms with E-state index in [2.05, 4.69) is 12.0 Å². The predicted octanol–water partition coefficient (Wildman–Crippen LogP) is 1.85. The number of nitrogens with zero attached hydrogens (tertiary/aromatic N) is 2. The average molecular weight is 237 g/mol. The Bertz CT molecular complexity index is 355. The molecule has 0 radical (unpaired) electrons. The zero-order valence-electron chi connectivity index (χ0n) is 10.6. The van der Waals surface area contributed by atoms with Gasteiger partial charge in [-0.3, -0.25) is 4.68 Å². The Morgan fingerprint density at radius 3 is 2.82 bits per heavy atom. The molecule has 1 saturated carbocycles. The van der Waals surface area contributed by atoms with Crippen molar-refractivity contribution in [2.45, 2.75) is 51.7 Å². The normalized spacial score (nSPS) is 20.6. The molecule has 0 amide bonds. The molecule has 0 spiro atoms. The summed E-state index contributed by atoms with van der Waals surface area (Å²) >= 11 is 0. The van der Waals surface area contributed by atoms with E-state index in [4.69, 9.17) is 5.73 Å². The maximum absolute atomic E-state index is 10.5. The van der Waals surface area contributed by atoms with E-state index in [1.807, 2.05) is 10.9 Å². The molecular weight excluding hydrogens is 214 g/mol. The van der Waals surface area contributed by atoms with Gasteiger partial charge in [0.15, 0.2) is 0 Å². The van der Waals surface area contributed by atoms with E-state index in [-0.39, 0.29) is 5.41 Å². The largest absolute Gasteiger partial charge is 0.388 e. The molecule has 1 aromatic rings. The third-order valence-electron chi connectivity index (χ3n) is 4.01. The monoisotopic (exact) mass is 237 g/mol. The first-order valence-corrected chi connectivity index (χ1v) is 6.62. The van der Waals surface area contributed by atoms with E-state index in [0.29, 0.717) is 6.54 Å². The highest BCUT2D eigenvalue weighted by Crippen LogP contribution is 2.46. The minimum absolute atomic E-state index is 0.111. The summed E-state index contributed by atoms with van der Waals surface area (Å²) in [7, 11) is 0. The quantitative estimate of drug-likeness (QED) is 0.821. The fourth-order valence-electron chi connectivity index (χ4n) is 2.89. The Morgan fingerprint density at radius 2 is 2.24 bits per heavy atom. The van der Waals surface area contributed by atoms with Crippen LogP contribution in [0, 0.1) is 5.41 Å². The van der Waals surface area contributed by atoms with Gasteiger partial charge < -0.3 is 10.8 Å². The van der Waals surface area contributed by atoms with Crippen LogP contribution in [0.5, 0.6) is 0 Å². The lowest BCUT2D eigenvalue weighted by Gasteiger charge is -2.32. The second-order valence-electron chi connectivity index (χ2n) is 5.21. The van der Waals surface area contributed by atoms with Crippen LogP contribution >= 0.6 is 0 Å². The predicted molar refractivity (Wildman–Crippen MR) is 67.4 cm³/mol. The van der Waals surface area contributed by atoms with E-state index in [9.17, 15) is 5.11 Å². The molecule has 0 aromatic carbocycles. The van der Waals surface area contributed by atoms with Crippen molar-refractivity contribution in [3.8, 4) is 0 Å². The minimum atomic E-state index is -0.458. The highest BCUT2D eigenvalue weighted by molar-refractivity contribution is 5.13. The lowest BCUT2D eigenvalue weighted by molar-refractivity contribution is 0.0332. The SMILES string of the molecule is CCCn1cc(C(O)C2(CN)CCCC2)cn1. The van der Waals surface area contributed by atoms with Crippen LogP contribution in [0.3, 0.4) is 0 Å². The molecule has 96 valence electrons. The fraction of sp³-hybridized carbons (Fsp3) is 0.769. The third-order valence-corrected chi connectivity index (χ3v) is 4.01. The first-order chi connectivity index (χ1) is 8.22. The number of hydrogen-bond acceptors (Lipinski definition) is 3. The number of aliphatic hydroxyl groups is 1. The van der Waals surface area contributed by atoms with Gasteiger partial charge in [0, 0.05) is 30.3 Å². The van der Waals surface area contributed by atoms with Crippen LogP contribution in [-0.4, -0.2) is 21.4 Å². The highest BCUT2D eigenvalue weighted by atomic mass is 16.3. The van der Waals surface area contributed by atoms with E-state index >= 15 is 0 Å². The topological polar surface area (TPSA) is 64.1 Å². The van der Waals surface area contributed by atoms with Gasteiger partial charge in [-0.25, -0.2) is 0 Å². The van der Waals surface area contributed by atoms with Gasteiger partial charge in [0.05, 0.1) is 12.3 Å². The number of aryl methyl sites for hydroxylation is 1. The molecule has 1 atom stereocenters. The van der Waals surface area contributed by atoms with Gasteiger partial charge in [-0.2, -0.15) is 5.10 Å². The molecule has 1 aliphatic carbocycles. The molecule has 17 heavy (non-hydrogen) atoms. The van der Waals surface area contributed by atoms with Gasteiger partial charge in [0.2, 0.25) is 0 Å². The summed E-state index contributed by atoms with van der Waals surface area (Å²) in [5, 5.41) is 14.8. The zero-order valence-corrected chi connectivity index (χ0v) is 10.6. The summed E-state index contributed by atoms with van der Waals surface area (Å²) in [5.41, 5.74) is 6.70. The number of rotatable bonds is 5. The van der Waals surface area contributed by atoms with Crippen LogP contribution in [0.4, 0.5) is 0 Å². The van der Waals surface area contributed by atoms with E-state index < -0.39 is 6.10 Å². The summed E-state index contributed by atoms with van der Waals surface area (Å²) in [6, 6.07) is 0. The third kappa shape index (κ3) is 2.38. The van der Waals surface area contributed by atoms with Crippen molar-refractivity contribution in [2.75, 3.05) is 6.54 Å². The van der Waals surface area contributed by atoms with Gasteiger partial charge >= 0.3 is 0 Å². The Labute approximate surface area is 103 Å². The van der Waals surface area contributed by atoms with E-state index in [1.54, 1.807) is 6.20 Å². The Hall–Kier alpha value is -0.870. The minimum Gasteiger partial charge on any atom is -0.388 e. The molecule has 1 unspecified atom stereocenters. The molecule has 2 rings (SSSR count). The maximum atomic E-state index is 10.5. The number of aliphatic hydroxyl groups excluding tert-OH is 1. The molecule has 4 nitrogen and oxygen atoms in total. The zero-order chi connectivity index (χ0) is 12.3. The molecular formula is C13H23N3O. The van der Waals surface area contributed by atoms with Gasteiger partial charge in [-0.05, 0) is 19.3 Å². The van der Waals surface area contributed by atoms with Crippen LogP contribution in [0.25, 0.3) is 0 Å². The molecule has 3 N–H and O–H groups in total. The molecule has 4 heteroatoms. The average Bonchev–Trinajstić information content (AvgIpc) is 2.98.